The molecule has 0 aliphatic rings. The Bertz CT molecular complexity index is 411. The van der Waals surface area contributed by atoms with Crippen LogP contribution in [0.25, 0.3) is 0 Å². The van der Waals surface area contributed by atoms with Gasteiger partial charge in [-0.25, -0.2) is 9.97 Å². The summed E-state index contributed by atoms with van der Waals surface area (Å²) in [7, 11) is 0. The maximum absolute atomic E-state index is 8.52. The van der Waals surface area contributed by atoms with E-state index in [0.717, 1.165) is 0 Å². The summed E-state index contributed by atoms with van der Waals surface area (Å²) in [5.74, 6) is 0.207. The maximum Gasteiger partial charge on any atom is 0.145 e. The quantitative estimate of drug-likeness (QED) is 0.601. The summed E-state index contributed by atoms with van der Waals surface area (Å²) < 4.78 is 0. The second-order valence-electron chi connectivity index (χ2n) is 2.11. The fourth-order valence-electron chi connectivity index (χ4n) is 0.761. The zero-order valence-electron chi connectivity index (χ0n) is 6.52. The molecule has 1 aromatic rings. The summed E-state index contributed by atoms with van der Waals surface area (Å²) in [6.07, 6.45) is 0.00417. The van der Waals surface area contributed by atoms with Crippen LogP contribution in [-0.2, 0) is 6.42 Å². The van der Waals surface area contributed by atoms with E-state index in [4.69, 9.17) is 15.8 Å². The predicted octanol–water partition coefficient (Wildman–Crippen LogP) is 0.286. The third-order valence-electron chi connectivity index (χ3n) is 1.24. The smallest absolute Gasteiger partial charge is 0.145 e. The minimum atomic E-state index is 0.00417. The van der Waals surface area contributed by atoms with E-state index in [0.29, 0.717) is 0 Å². The monoisotopic (exact) mass is 169 g/mol. The lowest BCUT2D eigenvalue weighted by Crippen LogP contribution is -1.98. The van der Waals surface area contributed by atoms with Gasteiger partial charge in [-0.2, -0.15) is 15.8 Å². The third kappa shape index (κ3) is 1.99. The van der Waals surface area contributed by atoms with E-state index in [9.17, 15) is 0 Å². The molecule has 1 heterocycles. The second kappa shape index (κ2) is 3.80. The number of hydrogen-bond acceptors (Lipinski definition) is 5. The number of nitriles is 3. The van der Waals surface area contributed by atoms with Gasteiger partial charge in [0.1, 0.15) is 29.4 Å². The molecule has 0 aliphatic heterocycles. The highest BCUT2D eigenvalue weighted by Gasteiger charge is 2.02. The second-order valence-corrected chi connectivity index (χ2v) is 2.11. The van der Waals surface area contributed by atoms with Gasteiger partial charge in [0.15, 0.2) is 0 Å². The highest BCUT2D eigenvalue weighted by atomic mass is 14.9. The summed E-state index contributed by atoms with van der Waals surface area (Å²) in [5.41, 5.74) is 0.216. The molecule has 13 heavy (non-hydrogen) atoms. The Labute approximate surface area is 74.5 Å². The van der Waals surface area contributed by atoms with Crippen molar-refractivity contribution in [3.05, 3.63) is 23.3 Å². The van der Waals surface area contributed by atoms with Crippen LogP contribution >= 0.6 is 0 Å². The topological polar surface area (TPSA) is 97.1 Å². The molecule has 0 N–H and O–H groups in total. The fraction of sp³-hybridized carbons (Fsp3) is 0.125. The van der Waals surface area contributed by atoms with E-state index in [1.807, 2.05) is 6.07 Å². The zero-order valence-corrected chi connectivity index (χ0v) is 6.52. The van der Waals surface area contributed by atoms with Crippen molar-refractivity contribution in [1.29, 1.82) is 15.8 Å². The number of rotatable bonds is 1. The van der Waals surface area contributed by atoms with Crippen LogP contribution in [0.15, 0.2) is 6.07 Å². The predicted molar refractivity (Wildman–Crippen MR) is 40.8 cm³/mol. The maximum atomic E-state index is 8.52. The first kappa shape index (κ1) is 8.64. The number of aromatic nitrogens is 2. The van der Waals surface area contributed by atoms with Gasteiger partial charge in [-0.15, -0.1) is 0 Å². The van der Waals surface area contributed by atoms with Crippen LogP contribution < -0.4 is 0 Å². The van der Waals surface area contributed by atoms with E-state index in [2.05, 4.69) is 9.97 Å². The molecule has 60 valence electrons. The average Bonchev–Trinajstić information content (AvgIpc) is 2.17. The minimum absolute atomic E-state index is 0.00417. The van der Waals surface area contributed by atoms with Gasteiger partial charge in [0.2, 0.25) is 0 Å². The van der Waals surface area contributed by atoms with E-state index < -0.39 is 0 Å². The third-order valence-corrected chi connectivity index (χ3v) is 1.24. The number of nitrogens with zero attached hydrogens (tertiary/aromatic N) is 5. The van der Waals surface area contributed by atoms with Crippen LogP contribution in [0.5, 0.6) is 0 Å². The lowest BCUT2D eigenvalue weighted by molar-refractivity contribution is 0.970. The van der Waals surface area contributed by atoms with Crippen LogP contribution in [0, 0.1) is 34.0 Å². The van der Waals surface area contributed by atoms with Crippen molar-refractivity contribution in [3.63, 3.8) is 0 Å². The normalized spacial score (nSPS) is 8.08. The molecule has 0 spiro atoms. The summed E-state index contributed by atoms with van der Waals surface area (Å²) in [5, 5.41) is 25.4. The lowest BCUT2D eigenvalue weighted by atomic mass is 10.3. The molecular formula is C8H3N5. The standard InChI is InChI=1S/C8H3N5/c9-2-1-8-12-6(4-10)3-7(5-11)13-8/h3H,1H2. The lowest BCUT2D eigenvalue weighted by Gasteiger charge is -1.94. The molecule has 1 aromatic heterocycles. The summed E-state index contributed by atoms with van der Waals surface area (Å²) >= 11 is 0. The molecule has 1 rings (SSSR count). The van der Waals surface area contributed by atoms with Crippen LogP contribution in [0.1, 0.15) is 17.2 Å². The molecule has 0 aromatic carbocycles. The van der Waals surface area contributed by atoms with Crippen LogP contribution in [-0.4, -0.2) is 9.97 Å². The van der Waals surface area contributed by atoms with Gasteiger partial charge in [0.05, 0.1) is 12.5 Å². The van der Waals surface area contributed by atoms with Crippen molar-refractivity contribution in [2.75, 3.05) is 0 Å². The molecule has 0 radical (unpaired) electrons. The molecule has 5 nitrogen and oxygen atoms in total. The Morgan fingerprint density at radius 1 is 1.08 bits per heavy atom. The minimum Gasteiger partial charge on any atom is -0.221 e. The van der Waals surface area contributed by atoms with E-state index >= 15 is 0 Å². The zero-order chi connectivity index (χ0) is 9.68. The Hall–Kier alpha value is -2.45. The van der Waals surface area contributed by atoms with Crippen molar-refractivity contribution in [2.24, 2.45) is 0 Å². The van der Waals surface area contributed by atoms with Crippen molar-refractivity contribution in [3.8, 4) is 18.2 Å². The SMILES string of the molecule is N#CCc1nc(C#N)cc(C#N)n1. The first-order valence-electron chi connectivity index (χ1n) is 3.35. The van der Waals surface area contributed by atoms with Crippen molar-refractivity contribution in [2.45, 2.75) is 6.42 Å². The highest BCUT2D eigenvalue weighted by Crippen LogP contribution is 1.99. The molecule has 0 saturated heterocycles. The van der Waals surface area contributed by atoms with Crippen LogP contribution in [0.3, 0.4) is 0 Å². The number of hydrogen-bond donors (Lipinski definition) is 0. The van der Waals surface area contributed by atoms with E-state index in [-0.39, 0.29) is 23.6 Å². The molecule has 5 heteroatoms. The van der Waals surface area contributed by atoms with E-state index in [1.165, 1.54) is 6.07 Å². The fourth-order valence-corrected chi connectivity index (χ4v) is 0.761. The Balaban J connectivity index is 3.20. The van der Waals surface area contributed by atoms with Crippen molar-refractivity contribution < 1.29 is 0 Å². The summed E-state index contributed by atoms with van der Waals surface area (Å²) in [4.78, 5) is 7.49. The molecule has 0 bridgehead atoms. The molecule has 0 amide bonds. The molecule has 0 aliphatic carbocycles. The van der Waals surface area contributed by atoms with Gasteiger partial charge < -0.3 is 0 Å². The van der Waals surface area contributed by atoms with Crippen molar-refractivity contribution >= 4 is 0 Å². The summed E-state index contributed by atoms with van der Waals surface area (Å²) in [6, 6.07) is 6.70. The van der Waals surface area contributed by atoms with Gasteiger partial charge in [0, 0.05) is 6.07 Å². The summed E-state index contributed by atoms with van der Waals surface area (Å²) in [6.45, 7) is 0. The first-order valence-corrected chi connectivity index (χ1v) is 3.35. The van der Waals surface area contributed by atoms with Crippen LogP contribution in [0.2, 0.25) is 0 Å². The molecule has 0 fully saturated rings. The van der Waals surface area contributed by atoms with Gasteiger partial charge in [0.25, 0.3) is 0 Å². The van der Waals surface area contributed by atoms with Gasteiger partial charge in [-0.3, -0.25) is 0 Å². The Morgan fingerprint density at radius 3 is 2.00 bits per heavy atom. The largest absolute Gasteiger partial charge is 0.221 e. The van der Waals surface area contributed by atoms with Crippen LogP contribution in [0.4, 0.5) is 0 Å². The Morgan fingerprint density at radius 2 is 1.62 bits per heavy atom. The highest BCUT2D eigenvalue weighted by molar-refractivity contribution is 5.29. The van der Waals surface area contributed by atoms with E-state index in [1.54, 1.807) is 12.1 Å². The van der Waals surface area contributed by atoms with Gasteiger partial charge in [-0.1, -0.05) is 0 Å². The molecule has 0 unspecified atom stereocenters. The molecular weight excluding hydrogens is 166 g/mol. The Kier molecular flexibility index (Phi) is 2.53. The first-order chi connectivity index (χ1) is 6.30. The molecule has 0 saturated carbocycles. The molecule has 0 atom stereocenters. The average molecular weight is 169 g/mol. The van der Waals surface area contributed by atoms with Gasteiger partial charge in [-0.05, 0) is 0 Å². The van der Waals surface area contributed by atoms with Crippen molar-refractivity contribution in [1.82, 2.24) is 9.97 Å². The van der Waals surface area contributed by atoms with Gasteiger partial charge >= 0.3 is 0 Å².